The molecular formula is C7H13N5O. The Balaban J connectivity index is 2.57. The van der Waals surface area contributed by atoms with Crippen molar-refractivity contribution in [2.45, 2.75) is 26.9 Å². The summed E-state index contributed by atoms with van der Waals surface area (Å²) in [7, 11) is 0. The van der Waals surface area contributed by atoms with Crippen LogP contribution < -0.4 is 0 Å². The van der Waals surface area contributed by atoms with Gasteiger partial charge in [0.15, 0.2) is 5.82 Å². The van der Waals surface area contributed by atoms with E-state index in [2.05, 4.69) is 15.4 Å². The summed E-state index contributed by atoms with van der Waals surface area (Å²) in [6.07, 6.45) is 0.784. The molecule has 0 aliphatic rings. The molecule has 0 aliphatic carbocycles. The number of aromatic nitrogens is 4. The van der Waals surface area contributed by atoms with E-state index in [1.807, 2.05) is 13.8 Å². The van der Waals surface area contributed by atoms with Crippen LogP contribution in [0.1, 0.15) is 19.7 Å². The first kappa shape index (κ1) is 9.63. The lowest BCUT2D eigenvalue weighted by Crippen LogP contribution is -2.21. The van der Waals surface area contributed by atoms with Crippen LogP contribution >= 0.6 is 0 Å². The number of carbonyl (C=O) groups excluding carboxylic acids is 1. The average Bonchev–Trinajstić information content (AvgIpc) is 2.61. The van der Waals surface area contributed by atoms with Crippen molar-refractivity contribution in [3.05, 3.63) is 5.82 Å². The van der Waals surface area contributed by atoms with Crippen molar-refractivity contribution in [3.8, 4) is 0 Å². The van der Waals surface area contributed by atoms with Crippen LogP contribution in [0.25, 0.3) is 0 Å². The zero-order valence-electron chi connectivity index (χ0n) is 7.84. The molecule has 72 valence electrons. The molecule has 0 saturated carbocycles. The van der Waals surface area contributed by atoms with Gasteiger partial charge < -0.3 is 4.90 Å². The molecule has 0 saturated heterocycles. The van der Waals surface area contributed by atoms with Gasteiger partial charge in [-0.1, -0.05) is 0 Å². The van der Waals surface area contributed by atoms with E-state index in [1.165, 1.54) is 4.80 Å². The monoisotopic (exact) mass is 183 g/mol. The van der Waals surface area contributed by atoms with E-state index < -0.39 is 0 Å². The Hall–Kier alpha value is -1.46. The highest BCUT2D eigenvalue weighted by Gasteiger charge is 2.05. The lowest BCUT2D eigenvalue weighted by molar-refractivity contribution is -0.118. The molecule has 1 aromatic heterocycles. The molecule has 6 nitrogen and oxygen atoms in total. The van der Waals surface area contributed by atoms with Crippen LogP contribution in [0.3, 0.4) is 0 Å². The third-order valence-corrected chi connectivity index (χ3v) is 1.68. The maximum atomic E-state index is 10.5. The Labute approximate surface area is 76.5 Å². The lowest BCUT2D eigenvalue weighted by atomic mass is 10.5. The normalized spacial score (nSPS) is 10.0. The molecule has 13 heavy (non-hydrogen) atoms. The average molecular weight is 183 g/mol. The molecule has 0 aromatic carbocycles. The molecule has 1 amide bonds. The third-order valence-electron chi connectivity index (χ3n) is 1.68. The first-order chi connectivity index (χ1) is 6.30. The van der Waals surface area contributed by atoms with Crippen molar-refractivity contribution in [3.63, 3.8) is 0 Å². The predicted molar refractivity (Wildman–Crippen MR) is 45.6 cm³/mol. The Bertz CT molecular complexity index is 272. The second-order valence-electron chi connectivity index (χ2n) is 2.56. The highest BCUT2D eigenvalue weighted by atomic mass is 16.1. The number of tetrazole rings is 1. The van der Waals surface area contributed by atoms with Crippen LogP contribution in [0, 0.1) is 0 Å². The van der Waals surface area contributed by atoms with Gasteiger partial charge in [0.2, 0.25) is 6.41 Å². The van der Waals surface area contributed by atoms with Crippen LogP contribution in [0.2, 0.25) is 0 Å². The molecule has 0 atom stereocenters. The minimum atomic E-state index is 0.431. The van der Waals surface area contributed by atoms with E-state index in [0.717, 1.165) is 6.41 Å². The Morgan fingerprint density at radius 2 is 2.31 bits per heavy atom. The van der Waals surface area contributed by atoms with Gasteiger partial charge in [-0.2, -0.15) is 4.80 Å². The van der Waals surface area contributed by atoms with Gasteiger partial charge in [0, 0.05) is 6.54 Å². The summed E-state index contributed by atoms with van der Waals surface area (Å²) in [6, 6.07) is 0. The second-order valence-corrected chi connectivity index (χ2v) is 2.56. The van der Waals surface area contributed by atoms with Gasteiger partial charge in [-0.25, -0.2) is 0 Å². The van der Waals surface area contributed by atoms with Crippen molar-refractivity contribution in [1.29, 1.82) is 0 Å². The summed E-state index contributed by atoms with van der Waals surface area (Å²) >= 11 is 0. The highest BCUT2D eigenvalue weighted by Crippen LogP contribution is 1.93. The summed E-state index contributed by atoms with van der Waals surface area (Å²) in [5.74, 6) is 0.579. The van der Waals surface area contributed by atoms with Crippen LogP contribution in [0.15, 0.2) is 0 Å². The largest absolute Gasteiger partial charge is 0.338 e. The summed E-state index contributed by atoms with van der Waals surface area (Å²) in [5.41, 5.74) is 0. The fraction of sp³-hybridized carbons (Fsp3) is 0.714. The standard InChI is InChI=1S/C7H13N5O/c1-3-11(6-13)5-7-8-10-12(4-2)9-7/h6H,3-5H2,1-2H3. The van der Waals surface area contributed by atoms with Crippen molar-refractivity contribution in [2.75, 3.05) is 6.54 Å². The van der Waals surface area contributed by atoms with Crippen molar-refractivity contribution < 1.29 is 4.79 Å². The van der Waals surface area contributed by atoms with Crippen molar-refractivity contribution >= 4 is 6.41 Å². The molecular weight excluding hydrogens is 170 g/mol. The first-order valence-electron chi connectivity index (χ1n) is 4.26. The molecule has 6 heteroatoms. The Kier molecular flexibility index (Phi) is 3.36. The number of nitrogens with zero attached hydrogens (tertiary/aromatic N) is 5. The molecule has 1 rings (SSSR count). The van der Waals surface area contributed by atoms with Gasteiger partial charge >= 0.3 is 0 Å². The van der Waals surface area contributed by atoms with E-state index in [4.69, 9.17) is 0 Å². The Morgan fingerprint density at radius 1 is 1.54 bits per heavy atom. The van der Waals surface area contributed by atoms with Crippen LogP contribution in [0.5, 0.6) is 0 Å². The maximum Gasteiger partial charge on any atom is 0.210 e. The molecule has 1 aromatic rings. The molecule has 0 radical (unpaired) electrons. The number of aryl methyl sites for hydroxylation is 1. The van der Waals surface area contributed by atoms with E-state index in [9.17, 15) is 4.79 Å². The fourth-order valence-corrected chi connectivity index (χ4v) is 0.879. The minimum absolute atomic E-state index is 0.431. The molecule has 0 bridgehead atoms. The predicted octanol–water partition coefficient (Wildman–Crippen LogP) is -0.329. The molecule has 0 N–H and O–H groups in total. The summed E-state index contributed by atoms with van der Waals surface area (Å²) in [6.45, 7) is 5.62. The van der Waals surface area contributed by atoms with Gasteiger partial charge in [-0.05, 0) is 19.1 Å². The Morgan fingerprint density at radius 3 is 2.77 bits per heavy atom. The molecule has 0 aliphatic heterocycles. The first-order valence-corrected chi connectivity index (χ1v) is 4.26. The van der Waals surface area contributed by atoms with Crippen molar-refractivity contribution in [2.24, 2.45) is 0 Å². The van der Waals surface area contributed by atoms with Crippen molar-refractivity contribution in [1.82, 2.24) is 25.1 Å². The minimum Gasteiger partial charge on any atom is -0.338 e. The van der Waals surface area contributed by atoms with Crippen LogP contribution in [-0.2, 0) is 17.9 Å². The highest BCUT2D eigenvalue weighted by molar-refractivity contribution is 5.46. The van der Waals surface area contributed by atoms with Crippen LogP contribution in [-0.4, -0.2) is 38.1 Å². The zero-order chi connectivity index (χ0) is 9.68. The van der Waals surface area contributed by atoms with E-state index >= 15 is 0 Å². The summed E-state index contributed by atoms with van der Waals surface area (Å²) < 4.78 is 0. The quantitative estimate of drug-likeness (QED) is 0.586. The number of hydrogen-bond donors (Lipinski definition) is 0. The van der Waals surface area contributed by atoms with Crippen LogP contribution in [0.4, 0.5) is 0 Å². The third kappa shape index (κ3) is 2.50. The molecule has 0 unspecified atom stereocenters. The SMILES string of the molecule is CCN(C=O)Cc1nnn(CC)n1. The number of hydrogen-bond acceptors (Lipinski definition) is 4. The van der Waals surface area contributed by atoms with Gasteiger partial charge in [-0.15, -0.1) is 10.2 Å². The van der Waals surface area contributed by atoms with E-state index in [-0.39, 0.29) is 0 Å². The maximum absolute atomic E-state index is 10.5. The number of amides is 1. The number of rotatable bonds is 5. The second kappa shape index (κ2) is 4.54. The number of carbonyl (C=O) groups is 1. The summed E-state index contributed by atoms with van der Waals surface area (Å²) in [4.78, 5) is 13.5. The molecule has 0 fully saturated rings. The van der Waals surface area contributed by atoms with Gasteiger partial charge in [-0.3, -0.25) is 4.79 Å². The molecule has 0 spiro atoms. The molecule has 1 heterocycles. The fourth-order valence-electron chi connectivity index (χ4n) is 0.879. The van der Waals surface area contributed by atoms with E-state index in [1.54, 1.807) is 4.90 Å². The topological polar surface area (TPSA) is 63.9 Å². The van der Waals surface area contributed by atoms with Gasteiger partial charge in [0.25, 0.3) is 0 Å². The zero-order valence-corrected chi connectivity index (χ0v) is 7.84. The van der Waals surface area contributed by atoms with Gasteiger partial charge in [0.1, 0.15) is 0 Å². The van der Waals surface area contributed by atoms with E-state index in [0.29, 0.717) is 25.5 Å². The summed E-state index contributed by atoms with van der Waals surface area (Å²) in [5, 5.41) is 11.7. The van der Waals surface area contributed by atoms with Gasteiger partial charge in [0.05, 0.1) is 13.1 Å². The smallest absolute Gasteiger partial charge is 0.210 e. The lowest BCUT2D eigenvalue weighted by Gasteiger charge is -2.10.